The molecular formula is C18H24ClN. The van der Waals surface area contributed by atoms with Crippen LogP contribution < -0.4 is 5.32 Å². The molecule has 0 radical (unpaired) electrons. The van der Waals surface area contributed by atoms with E-state index < -0.39 is 0 Å². The number of nitrogens with one attached hydrogen (secondary N) is 1. The molecular weight excluding hydrogens is 266 g/mol. The normalized spacial score (nSPS) is 40.0. The van der Waals surface area contributed by atoms with Crippen LogP contribution in [0.4, 0.5) is 0 Å². The lowest BCUT2D eigenvalue weighted by Gasteiger charge is -2.59. The number of rotatable bonds is 3. The Morgan fingerprint density at radius 3 is 2.10 bits per heavy atom. The van der Waals surface area contributed by atoms with Crippen LogP contribution in [0.3, 0.4) is 0 Å². The molecule has 4 aliphatic rings. The molecule has 1 atom stereocenters. The predicted octanol–water partition coefficient (Wildman–Crippen LogP) is 4.82. The summed E-state index contributed by atoms with van der Waals surface area (Å²) in [4.78, 5) is 0. The van der Waals surface area contributed by atoms with Crippen molar-refractivity contribution >= 4 is 11.6 Å². The molecule has 0 amide bonds. The van der Waals surface area contributed by atoms with E-state index in [-0.39, 0.29) is 0 Å². The average Bonchev–Trinajstić information content (AvgIpc) is 2.40. The maximum absolute atomic E-state index is 6.50. The van der Waals surface area contributed by atoms with Gasteiger partial charge in [-0.15, -0.1) is 0 Å². The summed E-state index contributed by atoms with van der Waals surface area (Å²) in [6.07, 6.45) is 8.73. The van der Waals surface area contributed by atoms with Crippen molar-refractivity contribution in [2.24, 2.45) is 23.2 Å². The Labute approximate surface area is 127 Å². The van der Waals surface area contributed by atoms with Gasteiger partial charge in [0.05, 0.1) is 0 Å². The molecule has 20 heavy (non-hydrogen) atoms. The summed E-state index contributed by atoms with van der Waals surface area (Å²) in [6.45, 7) is 0. The standard InChI is InChI=1S/C18H24ClN/c1-20-17(15-4-2-3-5-16(15)19)18-9-12-6-13(10-18)8-14(7-12)11-18/h2-5,12-14,17,20H,6-11H2,1H3. The van der Waals surface area contributed by atoms with Gasteiger partial charge in [-0.2, -0.15) is 0 Å². The topological polar surface area (TPSA) is 12.0 Å². The van der Waals surface area contributed by atoms with Gasteiger partial charge in [0.1, 0.15) is 0 Å². The zero-order valence-electron chi connectivity index (χ0n) is 12.2. The molecule has 4 bridgehead atoms. The minimum absolute atomic E-state index is 0.435. The first kappa shape index (κ1) is 13.2. The molecule has 1 nitrogen and oxygen atoms in total. The summed E-state index contributed by atoms with van der Waals surface area (Å²) in [5.74, 6) is 2.96. The molecule has 0 aliphatic heterocycles. The lowest BCUT2D eigenvalue weighted by atomic mass is 9.47. The van der Waals surface area contributed by atoms with E-state index in [1.165, 1.54) is 44.1 Å². The molecule has 0 spiro atoms. The third kappa shape index (κ3) is 1.94. The number of hydrogen-bond donors (Lipinski definition) is 1. The third-order valence-corrected chi connectivity index (χ3v) is 6.55. The highest BCUT2D eigenvalue weighted by atomic mass is 35.5. The van der Waals surface area contributed by atoms with Gasteiger partial charge in [0.25, 0.3) is 0 Å². The Kier molecular flexibility index (Phi) is 3.12. The third-order valence-electron chi connectivity index (χ3n) is 6.20. The molecule has 4 aliphatic carbocycles. The first-order valence-corrected chi connectivity index (χ1v) is 8.50. The van der Waals surface area contributed by atoms with E-state index in [1.54, 1.807) is 0 Å². The SMILES string of the molecule is CNC(c1ccccc1Cl)C12CC3CC(CC(C3)C1)C2. The van der Waals surface area contributed by atoms with Gasteiger partial charge >= 0.3 is 0 Å². The van der Waals surface area contributed by atoms with E-state index in [9.17, 15) is 0 Å². The van der Waals surface area contributed by atoms with E-state index in [2.05, 4.69) is 24.5 Å². The molecule has 0 heterocycles. The Balaban J connectivity index is 1.73. The van der Waals surface area contributed by atoms with Gasteiger partial charge in [0.15, 0.2) is 0 Å². The number of halogens is 1. The molecule has 1 aromatic carbocycles. The van der Waals surface area contributed by atoms with E-state index in [0.29, 0.717) is 11.5 Å². The Hall–Kier alpha value is -0.530. The van der Waals surface area contributed by atoms with Crippen molar-refractivity contribution in [1.29, 1.82) is 0 Å². The number of hydrogen-bond acceptors (Lipinski definition) is 1. The predicted molar refractivity (Wildman–Crippen MR) is 83.9 cm³/mol. The van der Waals surface area contributed by atoms with Crippen LogP contribution in [0.25, 0.3) is 0 Å². The van der Waals surface area contributed by atoms with Crippen LogP contribution in [0, 0.1) is 23.2 Å². The highest BCUT2D eigenvalue weighted by Crippen LogP contribution is 2.64. The zero-order valence-corrected chi connectivity index (χ0v) is 13.0. The smallest absolute Gasteiger partial charge is 0.0454 e. The summed E-state index contributed by atoms with van der Waals surface area (Å²) >= 11 is 6.50. The lowest BCUT2D eigenvalue weighted by Crippen LogP contribution is -2.51. The summed E-state index contributed by atoms with van der Waals surface area (Å²) < 4.78 is 0. The van der Waals surface area contributed by atoms with Gasteiger partial charge in [0, 0.05) is 11.1 Å². The Morgan fingerprint density at radius 1 is 1.05 bits per heavy atom. The number of benzene rings is 1. The van der Waals surface area contributed by atoms with Crippen molar-refractivity contribution in [2.75, 3.05) is 7.05 Å². The van der Waals surface area contributed by atoms with Crippen molar-refractivity contribution < 1.29 is 0 Å². The minimum Gasteiger partial charge on any atom is -0.312 e. The Bertz CT molecular complexity index is 475. The summed E-state index contributed by atoms with van der Waals surface area (Å²) in [6, 6.07) is 8.87. The summed E-state index contributed by atoms with van der Waals surface area (Å²) in [5.41, 5.74) is 1.78. The molecule has 0 saturated heterocycles. The summed E-state index contributed by atoms with van der Waals surface area (Å²) in [7, 11) is 2.12. The van der Waals surface area contributed by atoms with Crippen molar-refractivity contribution in [3.8, 4) is 0 Å². The minimum atomic E-state index is 0.435. The fourth-order valence-corrected chi connectivity index (χ4v) is 6.28. The van der Waals surface area contributed by atoms with Crippen LogP contribution in [0.15, 0.2) is 24.3 Å². The molecule has 1 unspecified atom stereocenters. The second-order valence-corrected chi connectivity index (χ2v) is 7.93. The fourth-order valence-electron chi connectivity index (χ4n) is 6.03. The van der Waals surface area contributed by atoms with Crippen molar-refractivity contribution in [3.63, 3.8) is 0 Å². The quantitative estimate of drug-likeness (QED) is 0.841. The van der Waals surface area contributed by atoms with Gasteiger partial charge in [0.2, 0.25) is 0 Å². The zero-order chi connectivity index (χ0) is 13.7. The molecule has 1 N–H and O–H groups in total. The van der Waals surface area contributed by atoms with Gasteiger partial charge < -0.3 is 5.32 Å². The van der Waals surface area contributed by atoms with Crippen LogP contribution in [0.5, 0.6) is 0 Å². The monoisotopic (exact) mass is 289 g/mol. The van der Waals surface area contributed by atoms with Crippen LogP contribution in [-0.2, 0) is 0 Å². The molecule has 1 aromatic rings. The van der Waals surface area contributed by atoms with Crippen LogP contribution in [0.2, 0.25) is 5.02 Å². The molecule has 4 fully saturated rings. The lowest BCUT2D eigenvalue weighted by molar-refractivity contribution is -0.0735. The average molecular weight is 290 g/mol. The maximum atomic E-state index is 6.50. The fraction of sp³-hybridized carbons (Fsp3) is 0.667. The maximum Gasteiger partial charge on any atom is 0.0454 e. The highest BCUT2D eigenvalue weighted by molar-refractivity contribution is 6.31. The van der Waals surface area contributed by atoms with Crippen LogP contribution in [0.1, 0.15) is 50.1 Å². The van der Waals surface area contributed by atoms with Crippen LogP contribution in [-0.4, -0.2) is 7.05 Å². The summed E-state index contributed by atoms with van der Waals surface area (Å²) in [5, 5.41) is 4.56. The second kappa shape index (κ2) is 4.74. The van der Waals surface area contributed by atoms with E-state index in [0.717, 1.165) is 22.8 Å². The van der Waals surface area contributed by atoms with Gasteiger partial charge in [-0.05, 0) is 80.4 Å². The van der Waals surface area contributed by atoms with E-state index in [1.807, 2.05) is 12.1 Å². The van der Waals surface area contributed by atoms with E-state index in [4.69, 9.17) is 11.6 Å². The van der Waals surface area contributed by atoms with Crippen LogP contribution >= 0.6 is 11.6 Å². The second-order valence-electron chi connectivity index (χ2n) is 7.52. The van der Waals surface area contributed by atoms with E-state index >= 15 is 0 Å². The Morgan fingerprint density at radius 2 is 1.60 bits per heavy atom. The van der Waals surface area contributed by atoms with Crippen molar-refractivity contribution in [2.45, 2.75) is 44.6 Å². The first-order chi connectivity index (χ1) is 9.70. The van der Waals surface area contributed by atoms with Gasteiger partial charge in [-0.3, -0.25) is 0 Å². The molecule has 2 heteroatoms. The molecule has 4 saturated carbocycles. The van der Waals surface area contributed by atoms with Gasteiger partial charge in [-0.25, -0.2) is 0 Å². The largest absolute Gasteiger partial charge is 0.312 e. The molecule has 5 rings (SSSR count). The highest BCUT2D eigenvalue weighted by Gasteiger charge is 2.54. The first-order valence-electron chi connectivity index (χ1n) is 8.12. The molecule has 108 valence electrons. The van der Waals surface area contributed by atoms with Crippen molar-refractivity contribution in [3.05, 3.63) is 34.9 Å². The molecule has 0 aromatic heterocycles. The van der Waals surface area contributed by atoms with Gasteiger partial charge in [-0.1, -0.05) is 29.8 Å². The van der Waals surface area contributed by atoms with Crippen molar-refractivity contribution in [1.82, 2.24) is 5.32 Å².